The fourth-order valence-electron chi connectivity index (χ4n) is 3.43. The molecular formula is C20H14F7N3O4S. The Kier molecular flexibility index (Phi) is 7.62. The minimum Gasteiger partial charge on any atom is -0.574 e. The highest BCUT2D eigenvalue weighted by Gasteiger charge is 2.33. The van der Waals surface area contributed by atoms with Gasteiger partial charge in [0, 0.05) is 11.1 Å². The third kappa shape index (κ3) is 5.86. The van der Waals surface area contributed by atoms with Gasteiger partial charge in [0.1, 0.15) is 11.4 Å². The summed E-state index contributed by atoms with van der Waals surface area (Å²) in [6, 6.07) is 3.12. The molecule has 7 nitrogen and oxygen atoms in total. The monoisotopic (exact) mass is 525 g/mol. The summed E-state index contributed by atoms with van der Waals surface area (Å²) < 4.78 is 112. The van der Waals surface area contributed by atoms with E-state index in [1.165, 1.54) is 0 Å². The van der Waals surface area contributed by atoms with Gasteiger partial charge in [0.05, 0.1) is 5.56 Å². The molecule has 3 rings (SSSR count). The number of ether oxygens (including phenoxy) is 1. The topological polar surface area (TPSA) is 117 Å². The number of halogens is 7. The van der Waals surface area contributed by atoms with Crippen LogP contribution in [0.1, 0.15) is 19.3 Å². The maximum absolute atomic E-state index is 14.7. The van der Waals surface area contributed by atoms with Gasteiger partial charge in [-0.3, -0.25) is 9.59 Å². The van der Waals surface area contributed by atoms with Gasteiger partial charge in [0.15, 0.2) is 34.8 Å². The van der Waals surface area contributed by atoms with Crippen LogP contribution in [0.2, 0.25) is 0 Å². The largest absolute Gasteiger partial charge is 0.574 e. The molecule has 1 aliphatic rings. The van der Waals surface area contributed by atoms with Gasteiger partial charge in [-0.15, -0.1) is 18.3 Å². The maximum Gasteiger partial charge on any atom is 0.573 e. The van der Waals surface area contributed by atoms with Gasteiger partial charge in [-0.05, 0) is 37.0 Å². The Hall–Kier alpha value is -3.30. The van der Waals surface area contributed by atoms with Crippen LogP contribution in [0, 0.1) is 23.3 Å². The molecule has 1 atom stereocenters. The van der Waals surface area contributed by atoms with Crippen LogP contribution >= 0.6 is 0 Å². The summed E-state index contributed by atoms with van der Waals surface area (Å²) in [7, 11) is 0. The first-order valence-electron chi connectivity index (χ1n) is 9.52. The van der Waals surface area contributed by atoms with Crippen molar-refractivity contribution in [1.29, 1.82) is 0 Å². The first-order valence-corrected chi connectivity index (χ1v) is 10.7. The highest BCUT2D eigenvalue weighted by Crippen LogP contribution is 2.37. The number of carbonyl (C=O) groups excluding carboxylic acids is 2. The van der Waals surface area contributed by atoms with Crippen molar-refractivity contribution in [2.24, 2.45) is 5.14 Å². The zero-order chi connectivity index (χ0) is 26.1. The predicted octanol–water partition coefficient (Wildman–Crippen LogP) is 3.88. The van der Waals surface area contributed by atoms with Crippen molar-refractivity contribution in [1.82, 2.24) is 4.72 Å². The van der Waals surface area contributed by atoms with Crippen molar-refractivity contribution in [3.05, 3.63) is 58.7 Å². The molecule has 0 radical (unpaired) electrons. The van der Waals surface area contributed by atoms with Gasteiger partial charge in [-0.25, -0.2) is 17.6 Å². The molecule has 188 valence electrons. The molecule has 0 saturated heterocycles. The standard InChI is InChI=1S/C20H14F7N3O4S/c21-13-12(8-3-1-4-9(7-8)34-20(25,26)27)14(22)16(24)17(15(13)23)29-18(31)10-5-2-6-11(10)19(32)30-35(28)33/h1,3-4,7H,2,5-6,28H2,(H,29,31)(H,30,32). The Morgan fingerprint density at radius 1 is 0.971 bits per heavy atom. The van der Waals surface area contributed by atoms with Crippen LogP contribution in [-0.4, -0.2) is 22.7 Å². The van der Waals surface area contributed by atoms with Gasteiger partial charge in [-0.1, -0.05) is 12.1 Å². The van der Waals surface area contributed by atoms with E-state index in [1.807, 2.05) is 4.72 Å². The zero-order valence-corrected chi connectivity index (χ0v) is 18.0. The van der Waals surface area contributed by atoms with Crippen molar-refractivity contribution in [3.8, 4) is 16.9 Å². The summed E-state index contributed by atoms with van der Waals surface area (Å²) >= 11 is -2.26. The fraction of sp³-hybridized carbons (Fsp3) is 0.200. The summed E-state index contributed by atoms with van der Waals surface area (Å²) in [5.74, 6) is -11.2. The second kappa shape index (κ2) is 10.1. The van der Waals surface area contributed by atoms with E-state index in [0.29, 0.717) is 6.07 Å². The summed E-state index contributed by atoms with van der Waals surface area (Å²) in [6.45, 7) is 0. The molecule has 0 spiro atoms. The van der Waals surface area contributed by atoms with Crippen molar-refractivity contribution in [2.45, 2.75) is 25.6 Å². The minimum absolute atomic E-state index is 0.0365. The molecule has 2 aromatic carbocycles. The number of alkyl halides is 3. The average molecular weight is 525 g/mol. The van der Waals surface area contributed by atoms with Gasteiger partial charge < -0.3 is 14.6 Å². The first kappa shape index (κ1) is 26.3. The summed E-state index contributed by atoms with van der Waals surface area (Å²) in [6.07, 6.45) is -4.87. The Balaban J connectivity index is 1.98. The molecule has 0 fully saturated rings. The van der Waals surface area contributed by atoms with Crippen LogP contribution in [-0.2, 0) is 21.1 Å². The minimum atomic E-state index is -5.13. The van der Waals surface area contributed by atoms with Crippen molar-refractivity contribution < 1.29 is 49.6 Å². The number of hydrogen-bond donors (Lipinski definition) is 3. The highest BCUT2D eigenvalue weighted by atomic mass is 32.2. The van der Waals surface area contributed by atoms with Crippen LogP contribution in [0.15, 0.2) is 35.4 Å². The number of amides is 2. The zero-order valence-electron chi connectivity index (χ0n) is 17.2. The molecule has 35 heavy (non-hydrogen) atoms. The normalized spacial score (nSPS) is 14.7. The molecule has 4 N–H and O–H groups in total. The van der Waals surface area contributed by atoms with Crippen molar-refractivity contribution in [3.63, 3.8) is 0 Å². The third-order valence-electron chi connectivity index (χ3n) is 4.82. The van der Waals surface area contributed by atoms with Crippen LogP contribution in [0.4, 0.5) is 36.4 Å². The summed E-state index contributed by atoms with van der Waals surface area (Å²) in [5.41, 5.74) is -3.98. The quantitative estimate of drug-likeness (QED) is 0.301. The molecule has 0 saturated carbocycles. The van der Waals surface area contributed by atoms with Crippen LogP contribution < -0.4 is 19.9 Å². The second-order valence-electron chi connectivity index (χ2n) is 7.07. The molecule has 1 unspecified atom stereocenters. The van der Waals surface area contributed by atoms with E-state index in [1.54, 1.807) is 5.32 Å². The van der Waals surface area contributed by atoms with Crippen LogP contribution in [0.5, 0.6) is 5.75 Å². The molecular weight excluding hydrogens is 511 g/mol. The van der Waals surface area contributed by atoms with Gasteiger partial charge in [-0.2, -0.15) is 4.72 Å². The number of carbonyl (C=O) groups is 2. The number of anilines is 1. The lowest BCUT2D eigenvalue weighted by atomic mass is 10.0. The van der Waals surface area contributed by atoms with Gasteiger partial charge in [0.25, 0.3) is 11.8 Å². The van der Waals surface area contributed by atoms with Crippen molar-refractivity contribution >= 4 is 29.0 Å². The summed E-state index contributed by atoms with van der Waals surface area (Å²) in [4.78, 5) is 24.5. The SMILES string of the molecule is N[S+]([O-])NC(=O)C1=C(C(=O)Nc2c(F)c(F)c(-c3cccc(OC(F)(F)F)c3)c(F)c2F)CCC1. The number of benzene rings is 2. The van der Waals surface area contributed by atoms with Crippen LogP contribution in [0.25, 0.3) is 11.1 Å². The number of nitrogens with two attached hydrogens (primary N) is 1. The van der Waals surface area contributed by atoms with E-state index in [9.17, 15) is 44.9 Å². The van der Waals surface area contributed by atoms with E-state index in [4.69, 9.17) is 5.14 Å². The smallest absolute Gasteiger partial charge is 0.573 e. The third-order valence-corrected chi connectivity index (χ3v) is 5.20. The summed E-state index contributed by atoms with van der Waals surface area (Å²) in [5, 5.41) is 6.63. The lowest BCUT2D eigenvalue weighted by Crippen LogP contribution is -2.37. The molecule has 0 heterocycles. The second-order valence-corrected chi connectivity index (χ2v) is 7.87. The van der Waals surface area contributed by atoms with Crippen molar-refractivity contribution in [2.75, 3.05) is 5.32 Å². The molecule has 2 amide bonds. The Labute approximate surface area is 195 Å². The average Bonchev–Trinajstić information content (AvgIpc) is 3.24. The first-order chi connectivity index (χ1) is 16.3. The molecule has 0 aromatic heterocycles. The maximum atomic E-state index is 14.7. The van der Waals surface area contributed by atoms with Crippen LogP contribution in [0.3, 0.4) is 0 Å². The fourth-order valence-corrected chi connectivity index (χ4v) is 3.74. The van der Waals surface area contributed by atoms with Gasteiger partial charge >= 0.3 is 6.36 Å². The highest BCUT2D eigenvalue weighted by molar-refractivity contribution is 7.87. The number of hydrogen-bond acceptors (Lipinski definition) is 5. The molecule has 1 aliphatic carbocycles. The lowest BCUT2D eigenvalue weighted by Gasteiger charge is -2.15. The van der Waals surface area contributed by atoms with E-state index in [-0.39, 0.29) is 30.4 Å². The molecule has 2 aromatic rings. The Morgan fingerprint density at radius 3 is 2.09 bits per heavy atom. The molecule has 0 bridgehead atoms. The van der Waals surface area contributed by atoms with E-state index >= 15 is 0 Å². The van der Waals surface area contributed by atoms with E-state index in [0.717, 1.165) is 18.2 Å². The van der Waals surface area contributed by atoms with Gasteiger partial charge in [0.2, 0.25) is 0 Å². The predicted molar refractivity (Wildman–Crippen MR) is 108 cm³/mol. The molecule has 0 aliphatic heterocycles. The van der Waals surface area contributed by atoms with E-state index < -0.39 is 75.6 Å². The molecule has 15 heteroatoms. The number of rotatable bonds is 6. The Bertz CT molecular complexity index is 1190. The Morgan fingerprint density at radius 2 is 1.54 bits per heavy atom. The number of nitrogens with one attached hydrogen (secondary N) is 2. The van der Waals surface area contributed by atoms with E-state index in [2.05, 4.69) is 4.74 Å². The lowest BCUT2D eigenvalue weighted by molar-refractivity contribution is -0.274.